The summed E-state index contributed by atoms with van der Waals surface area (Å²) in [5.74, 6) is 5.75. The molecule has 2 nitrogen and oxygen atoms in total. The minimum absolute atomic E-state index is 0.214. The third-order valence-corrected chi connectivity index (χ3v) is 4.17. The first-order chi connectivity index (χ1) is 9.99. The van der Waals surface area contributed by atoms with Crippen molar-refractivity contribution in [2.75, 3.05) is 0 Å². The summed E-state index contributed by atoms with van der Waals surface area (Å²) in [7, 11) is 0. The Morgan fingerprint density at radius 2 is 1.57 bits per heavy atom. The maximum atomic E-state index is 5.93. The number of aryl methyl sites for hydroxylation is 3. The van der Waals surface area contributed by atoms with E-state index in [4.69, 9.17) is 17.4 Å². The van der Waals surface area contributed by atoms with Crippen LogP contribution in [0.1, 0.15) is 27.8 Å². The van der Waals surface area contributed by atoms with Crippen molar-refractivity contribution in [3.05, 3.63) is 69.2 Å². The molecular weight excluding hydrogens is 280 g/mol. The maximum Gasteiger partial charge on any atom is 0.0406 e. The lowest BCUT2D eigenvalue weighted by Gasteiger charge is -2.19. The first kappa shape index (κ1) is 16.0. The van der Waals surface area contributed by atoms with Gasteiger partial charge >= 0.3 is 0 Å². The van der Waals surface area contributed by atoms with Crippen molar-refractivity contribution in [3.8, 4) is 0 Å². The van der Waals surface area contributed by atoms with Crippen LogP contribution in [0, 0.1) is 20.8 Å². The van der Waals surface area contributed by atoms with Crippen LogP contribution in [0.4, 0.5) is 0 Å². The molecule has 3 heteroatoms. The second kappa shape index (κ2) is 7.08. The first-order valence-corrected chi connectivity index (χ1v) is 7.64. The smallest absolute Gasteiger partial charge is 0.0406 e. The molecule has 0 bridgehead atoms. The summed E-state index contributed by atoms with van der Waals surface area (Å²) in [6.07, 6.45) is 1.82. The molecule has 3 N–H and O–H groups in total. The SMILES string of the molecule is Cc1cc(C)c(CC(Cc2ccc(Cl)cc2)NN)c(C)c1. The summed E-state index contributed by atoms with van der Waals surface area (Å²) in [6.45, 7) is 6.48. The molecule has 1 unspecified atom stereocenters. The molecule has 0 heterocycles. The average Bonchev–Trinajstić information content (AvgIpc) is 2.43. The van der Waals surface area contributed by atoms with Crippen molar-refractivity contribution in [1.82, 2.24) is 5.43 Å². The van der Waals surface area contributed by atoms with Gasteiger partial charge in [0.15, 0.2) is 0 Å². The predicted octanol–water partition coefficient (Wildman–Crippen LogP) is 3.88. The largest absolute Gasteiger partial charge is 0.271 e. The quantitative estimate of drug-likeness (QED) is 0.650. The standard InChI is InChI=1S/C18H23ClN2/c1-12-8-13(2)18(14(3)9-12)11-17(21-20)10-15-4-6-16(19)7-5-15/h4-9,17,21H,10-11,20H2,1-3H3. The number of hydrogen-bond donors (Lipinski definition) is 2. The van der Waals surface area contributed by atoms with Gasteiger partial charge in [0, 0.05) is 11.1 Å². The van der Waals surface area contributed by atoms with Gasteiger partial charge in [0.1, 0.15) is 0 Å². The summed E-state index contributed by atoms with van der Waals surface area (Å²) in [5.41, 5.74) is 9.56. The number of nitrogens with two attached hydrogens (primary N) is 1. The highest BCUT2D eigenvalue weighted by atomic mass is 35.5. The van der Waals surface area contributed by atoms with Crippen molar-refractivity contribution in [3.63, 3.8) is 0 Å². The number of nitrogens with one attached hydrogen (secondary N) is 1. The highest BCUT2D eigenvalue weighted by molar-refractivity contribution is 6.30. The van der Waals surface area contributed by atoms with Crippen LogP contribution in [0.3, 0.4) is 0 Å². The molecule has 0 spiro atoms. The fraction of sp³-hybridized carbons (Fsp3) is 0.333. The van der Waals surface area contributed by atoms with E-state index in [0.717, 1.165) is 17.9 Å². The number of benzene rings is 2. The Bertz CT molecular complexity index is 582. The van der Waals surface area contributed by atoms with E-state index in [1.165, 1.54) is 27.8 Å². The van der Waals surface area contributed by atoms with Gasteiger partial charge in [-0.3, -0.25) is 11.3 Å². The fourth-order valence-corrected chi connectivity index (χ4v) is 3.00. The van der Waals surface area contributed by atoms with Gasteiger partial charge in [0.05, 0.1) is 0 Å². The van der Waals surface area contributed by atoms with Gasteiger partial charge in [-0.25, -0.2) is 0 Å². The molecule has 0 saturated heterocycles. The zero-order valence-electron chi connectivity index (χ0n) is 12.9. The normalized spacial score (nSPS) is 12.4. The van der Waals surface area contributed by atoms with Gasteiger partial charge in [0.25, 0.3) is 0 Å². The third kappa shape index (κ3) is 4.31. The van der Waals surface area contributed by atoms with Gasteiger partial charge < -0.3 is 0 Å². The second-order valence-electron chi connectivity index (χ2n) is 5.78. The van der Waals surface area contributed by atoms with Crippen LogP contribution in [-0.2, 0) is 12.8 Å². The molecule has 0 aliphatic rings. The van der Waals surface area contributed by atoms with Gasteiger partial charge in [-0.05, 0) is 68.0 Å². The lowest BCUT2D eigenvalue weighted by molar-refractivity contribution is 0.520. The van der Waals surface area contributed by atoms with E-state index < -0.39 is 0 Å². The summed E-state index contributed by atoms with van der Waals surface area (Å²) in [5, 5.41) is 0.765. The number of halogens is 1. The number of hydrogen-bond acceptors (Lipinski definition) is 2. The van der Waals surface area contributed by atoms with Gasteiger partial charge in [-0.2, -0.15) is 0 Å². The molecule has 0 aliphatic carbocycles. The summed E-state index contributed by atoms with van der Waals surface area (Å²) in [4.78, 5) is 0. The van der Waals surface area contributed by atoms with Crippen LogP contribution >= 0.6 is 11.6 Å². The van der Waals surface area contributed by atoms with Crippen LogP contribution in [0.2, 0.25) is 5.02 Å². The number of rotatable bonds is 5. The van der Waals surface area contributed by atoms with Gasteiger partial charge in [0.2, 0.25) is 0 Å². The van der Waals surface area contributed by atoms with Crippen molar-refractivity contribution in [2.45, 2.75) is 39.7 Å². The van der Waals surface area contributed by atoms with E-state index >= 15 is 0 Å². The summed E-state index contributed by atoms with van der Waals surface area (Å²) >= 11 is 5.93. The molecule has 2 aromatic rings. The molecule has 0 fully saturated rings. The summed E-state index contributed by atoms with van der Waals surface area (Å²) in [6, 6.07) is 12.6. The zero-order valence-corrected chi connectivity index (χ0v) is 13.7. The Hall–Kier alpha value is -1.35. The Labute approximate surface area is 132 Å². The van der Waals surface area contributed by atoms with Crippen LogP contribution in [0.25, 0.3) is 0 Å². The molecule has 2 rings (SSSR count). The highest BCUT2D eigenvalue weighted by Crippen LogP contribution is 2.19. The molecule has 112 valence electrons. The predicted molar refractivity (Wildman–Crippen MR) is 90.6 cm³/mol. The van der Waals surface area contributed by atoms with E-state index in [1.807, 2.05) is 12.1 Å². The fourth-order valence-electron chi connectivity index (χ4n) is 2.87. The molecular formula is C18H23ClN2. The van der Waals surface area contributed by atoms with E-state index in [9.17, 15) is 0 Å². The molecule has 0 saturated carbocycles. The summed E-state index contributed by atoms with van der Waals surface area (Å²) < 4.78 is 0. The Kier molecular flexibility index (Phi) is 5.40. The topological polar surface area (TPSA) is 38.0 Å². The van der Waals surface area contributed by atoms with Gasteiger partial charge in [-0.1, -0.05) is 41.4 Å². The molecule has 1 atom stereocenters. The Morgan fingerprint density at radius 3 is 2.10 bits per heavy atom. The Morgan fingerprint density at radius 1 is 1.00 bits per heavy atom. The Balaban J connectivity index is 2.14. The molecule has 21 heavy (non-hydrogen) atoms. The van der Waals surface area contributed by atoms with E-state index in [2.05, 4.69) is 50.5 Å². The van der Waals surface area contributed by atoms with E-state index in [0.29, 0.717) is 0 Å². The van der Waals surface area contributed by atoms with Crippen molar-refractivity contribution >= 4 is 11.6 Å². The van der Waals surface area contributed by atoms with Crippen LogP contribution in [0.5, 0.6) is 0 Å². The highest BCUT2D eigenvalue weighted by Gasteiger charge is 2.12. The maximum absolute atomic E-state index is 5.93. The minimum Gasteiger partial charge on any atom is -0.271 e. The van der Waals surface area contributed by atoms with E-state index in [-0.39, 0.29) is 6.04 Å². The van der Waals surface area contributed by atoms with Gasteiger partial charge in [-0.15, -0.1) is 0 Å². The van der Waals surface area contributed by atoms with Crippen molar-refractivity contribution in [1.29, 1.82) is 0 Å². The molecule has 0 amide bonds. The molecule has 0 radical (unpaired) electrons. The van der Waals surface area contributed by atoms with Crippen LogP contribution in [-0.4, -0.2) is 6.04 Å². The third-order valence-electron chi connectivity index (χ3n) is 3.92. The first-order valence-electron chi connectivity index (χ1n) is 7.27. The average molecular weight is 303 g/mol. The number of hydrazine groups is 1. The monoisotopic (exact) mass is 302 g/mol. The molecule has 2 aromatic carbocycles. The van der Waals surface area contributed by atoms with E-state index in [1.54, 1.807) is 0 Å². The lowest BCUT2D eigenvalue weighted by Crippen LogP contribution is -2.38. The molecule has 0 aromatic heterocycles. The van der Waals surface area contributed by atoms with Crippen LogP contribution in [0.15, 0.2) is 36.4 Å². The zero-order chi connectivity index (χ0) is 15.4. The van der Waals surface area contributed by atoms with Crippen LogP contribution < -0.4 is 11.3 Å². The second-order valence-corrected chi connectivity index (χ2v) is 6.21. The van der Waals surface area contributed by atoms with Crippen molar-refractivity contribution < 1.29 is 0 Å². The van der Waals surface area contributed by atoms with Crippen molar-refractivity contribution in [2.24, 2.45) is 5.84 Å². The minimum atomic E-state index is 0.214. The molecule has 0 aliphatic heterocycles. The lowest BCUT2D eigenvalue weighted by atomic mass is 9.92.